The lowest BCUT2D eigenvalue weighted by Crippen LogP contribution is -2.41. The highest BCUT2D eigenvalue weighted by atomic mass is 16.4. The number of nitrogens with two attached hydrogens (primary N) is 1. The highest BCUT2D eigenvalue weighted by Crippen LogP contribution is 2.05. The molecule has 0 saturated carbocycles. The fourth-order valence-corrected chi connectivity index (χ4v) is 2.07. The molecule has 1 aromatic carbocycles. The second-order valence-electron chi connectivity index (χ2n) is 4.92. The topological polar surface area (TPSA) is 91.0 Å². The Kier molecular flexibility index (Phi) is 6.68. The number of carbonyl (C=O) groups is 1. The van der Waals surface area contributed by atoms with E-state index in [-0.39, 0.29) is 17.8 Å². The molecule has 4 N–H and O–H groups in total. The molecule has 0 saturated heterocycles. The zero-order valence-corrected chi connectivity index (χ0v) is 12.8. The molecule has 0 aliphatic heterocycles. The van der Waals surface area contributed by atoms with Crippen LogP contribution in [0.15, 0.2) is 29.4 Å². The molecule has 0 spiro atoms. The average Bonchev–Trinajstić information content (AvgIpc) is 2.51. The van der Waals surface area contributed by atoms with Crippen molar-refractivity contribution in [2.75, 3.05) is 19.6 Å². The number of rotatable bonds is 7. The predicted molar refractivity (Wildman–Crippen MR) is 83.7 cm³/mol. The smallest absolute Gasteiger partial charge is 0.251 e. The minimum Gasteiger partial charge on any atom is -0.409 e. The average molecular weight is 292 g/mol. The van der Waals surface area contributed by atoms with E-state index in [1.165, 1.54) is 0 Å². The van der Waals surface area contributed by atoms with E-state index >= 15 is 0 Å². The second kappa shape index (κ2) is 8.26. The Morgan fingerprint density at radius 1 is 1.29 bits per heavy atom. The van der Waals surface area contributed by atoms with Crippen molar-refractivity contribution in [2.45, 2.75) is 26.8 Å². The summed E-state index contributed by atoms with van der Waals surface area (Å²) in [6.45, 7) is 8.94. The van der Waals surface area contributed by atoms with Crippen LogP contribution in [0, 0.1) is 0 Å². The molecule has 21 heavy (non-hydrogen) atoms. The summed E-state index contributed by atoms with van der Waals surface area (Å²) in [4.78, 5) is 14.4. The van der Waals surface area contributed by atoms with Gasteiger partial charge < -0.3 is 21.2 Å². The Labute approximate surface area is 125 Å². The molecule has 6 heteroatoms. The molecule has 1 unspecified atom stereocenters. The van der Waals surface area contributed by atoms with E-state index in [9.17, 15) is 4.79 Å². The van der Waals surface area contributed by atoms with Crippen molar-refractivity contribution in [2.24, 2.45) is 10.9 Å². The first-order valence-electron chi connectivity index (χ1n) is 7.12. The molecule has 0 radical (unpaired) electrons. The van der Waals surface area contributed by atoms with E-state index in [0.717, 1.165) is 19.6 Å². The molecular weight excluding hydrogens is 268 g/mol. The summed E-state index contributed by atoms with van der Waals surface area (Å²) in [7, 11) is 0. The van der Waals surface area contributed by atoms with Gasteiger partial charge in [0.1, 0.15) is 0 Å². The van der Waals surface area contributed by atoms with Crippen LogP contribution in [0.3, 0.4) is 0 Å². The van der Waals surface area contributed by atoms with Gasteiger partial charge in [-0.1, -0.05) is 31.1 Å². The summed E-state index contributed by atoms with van der Waals surface area (Å²) in [6.07, 6.45) is 0. The van der Waals surface area contributed by atoms with E-state index in [4.69, 9.17) is 10.9 Å². The predicted octanol–water partition coefficient (Wildman–Crippen LogP) is 1.24. The molecule has 1 rings (SSSR count). The first-order chi connectivity index (χ1) is 10.0. The second-order valence-corrected chi connectivity index (χ2v) is 4.92. The molecule has 116 valence electrons. The third kappa shape index (κ3) is 5.07. The van der Waals surface area contributed by atoms with Gasteiger partial charge in [-0.3, -0.25) is 4.79 Å². The Balaban J connectivity index is 2.63. The first kappa shape index (κ1) is 17.0. The monoisotopic (exact) mass is 292 g/mol. The van der Waals surface area contributed by atoms with Crippen LogP contribution in [0.25, 0.3) is 0 Å². The quantitative estimate of drug-likeness (QED) is 0.305. The van der Waals surface area contributed by atoms with Gasteiger partial charge in [0, 0.05) is 23.7 Å². The van der Waals surface area contributed by atoms with Gasteiger partial charge in [0.25, 0.3) is 5.91 Å². The van der Waals surface area contributed by atoms with Crippen LogP contribution in [-0.4, -0.2) is 47.5 Å². The van der Waals surface area contributed by atoms with Crippen molar-refractivity contribution in [1.29, 1.82) is 0 Å². The first-order valence-corrected chi connectivity index (χ1v) is 7.12. The SMILES string of the molecule is CCN(CC)CC(C)NC(=O)c1ccc(C(N)=NO)cc1. The standard InChI is InChI=1S/C15H24N4O2/c1-4-19(5-2)10-11(3)17-15(20)13-8-6-12(7-9-13)14(16)18-21/h6-9,11,21H,4-5,10H2,1-3H3,(H2,16,18)(H,17,20). The molecule has 0 aromatic heterocycles. The van der Waals surface area contributed by atoms with E-state index in [2.05, 4.69) is 29.2 Å². The van der Waals surface area contributed by atoms with E-state index in [0.29, 0.717) is 11.1 Å². The Morgan fingerprint density at radius 2 is 1.81 bits per heavy atom. The fraction of sp³-hybridized carbons (Fsp3) is 0.467. The van der Waals surface area contributed by atoms with Gasteiger partial charge >= 0.3 is 0 Å². The molecule has 0 bridgehead atoms. The number of amides is 1. The van der Waals surface area contributed by atoms with E-state index in [1.807, 2.05) is 6.92 Å². The van der Waals surface area contributed by atoms with Crippen LogP contribution >= 0.6 is 0 Å². The summed E-state index contributed by atoms with van der Waals surface area (Å²) in [5.74, 6) is -0.0995. The van der Waals surface area contributed by atoms with Gasteiger partial charge in [0.15, 0.2) is 5.84 Å². The van der Waals surface area contributed by atoms with Crippen LogP contribution in [-0.2, 0) is 0 Å². The third-order valence-corrected chi connectivity index (χ3v) is 3.35. The van der Waals surface area contributed by atoms with Crippen LogP contribution < -0.4 is 11.1 Å². The lowest BCUT2D eigenvalue weighted by atomic mass is 10.1. The minimum absolute atomic E-state index is 0.0249. The van der Waals surface area contributed by atoms with Crippen molar-refractivity contribution in [1.82, 2.24) is 10.2 Å². The fourth-order valence-electron chi connectivity index (χ4n) is 2.07. The van der Waals surface area contributed by atoms with Crippen LogP contribution in [0.2, 0.25) is 0 Å². The van der Waals surface area contributed by atoms with Crippen molar-refractivity contribution in [3.05, 3.63) is 35.4 Å². The van der Waals surface area contributed by atoms with Crippen molar-refractivity contribution >= 4 is 11.7 Å². The van der Waals surface area contributed by atoms with Gasteiger partial charge in [-0.25, -0.2) is 0 Å². The maximum Gasteiger partial charge on any atom is 0.251 e. The molecule has 1 atom stereocenters. The van der Waals surface area contributed by atoms with E-state index in [1.54, 1.807) is 24.3 Å². The number of oxime groups is 1. The molecule has 0 aliphatic rings. The largest absolute Gasteiger partial charge is 0.409 e. The number of likely N-dealkylation sites (N-methyl/N-ethyl adjacent to an activating group) is 1. The summed E-state index contributed by atoms with van der Waals surface area (Å²) >= 11 is 0. The Hall–Kier alpha value is -2.08. The third-order valence-electron chi connectivity index (χ3n) is 3.35. The van der Waals surface area contributed by atoms with Gasteiger partial charge in [0.05, 0.1) is 0 Å². The number of hydrogen-bond acceptors (Lipinski definition) is 4. The Bertz CT molecular complexity index is 481. The number of hydrogen-bond donors (Lipinski definition) is 3. The maximum absolute atomic E-state index is 12.1. The number of carbonyl (C=O) groups excluding carboxylic acids is 1. The van der Waals surface area contributed by atoms with Gasteiger partial charge in [-0.15, -0.1) is 0 Å². The molecule has 1 aromatic rings. The number of benzene rings is 1. The summed E-state index contributed by atoms with van der Waals surface area (Å²) in [5, 5.41) is 14.5. The van der Waals surface area contributed by atoms with Gasteiger partial charge in [0.2, 0.25) is 0 Å². The molecule has 0 heterocycles. The summed E-state index contributed by atoms with van der Waals surface area (Å²) < 4.78 is 0. The molecule has 0 aliphatic carbocycles. The zero-order valence-electron chi connectivity index (χ0n) is 12.8. The molecule has 0 fully saturated rings. The van der Waals surface area contributed by atoms with Gasteiger partial charge in [-0.05, 0) is 32.1 Å². The normalized spacial score (nSPS) is 13.2. The van der Waals surface area contributed by atoms with Crippen molar-refractivity contribution in [3.63, 3.8) is 0 Å². The van der Waals surface area contributed by atoms with Crippen molar-refractivity contribution < 1.29 is 10.0 Å². The summed E-state index contributed by atoms with van der Waals surface area (Å²) in [5.41, 5.74) is 6.61. The van der Waals surface area contributed by atoms with E-state index < -0.39 is 0 Å². The highest BCUT2D eigenvalue weighted by Gasteiger charge is 2.12. The van der Waals surface area contributed by atoms with Crippen LogP contribution in [0.5, 0.6) is 0 Å². The summed E-state index contributed by atoms with van der Waals surface area (Å²) in [6, 6.07) is 6.69. The zero-order chi connectivity index (χ0) is 15.8. The number of nitrogens with one attached hydrogen (secondary N) is 1. The molecule has 6 nitrogen and oxygen atoms in total. The van der Waals surface area contributed by atoms with Crippen molar-refractivity contribution in [3.8, 4) is 0 Å². The lowest BCUT2D eigenvalue weighted by Gasteiger charge is -2.23. The van der Waals surface area contributed by atoms with Crippen LogP contribution in [0.1, 0.15) is 36.7 Å². The highest BCUT2D eigenvalue weighted by molar-refractivity contribution is 5.99. The minimum atomic E-state index is -0.124. The lowest BCUT2D eigenvalue weighted by molar-refractivity contribution is 0.0930. The molecule has 1 amide bonds. The van der Waals surface area contributed by atoms with Crippen LogP contribution in [0.4, 0.5) is 0 Å². The number of nitrogens with zero attached hydrogens (tertiary/aromatic N) is 2. The maximum atomic E-state index is 12.1. The molecular formula is C15H24N4O2. The Morgan fingerprint density at radius 3 is 2.29 bits per heavy atom. The van der Waals surface area contributed by atoms with Gasteiger partial charge in [-0.2, -0.15) is 0 Å². The number of amidine groups is 1.